The molecule has 0 heterocycles. The van der Waals surface area contributed by atoms with Crippen LogP contribution in [-0.4, -0.2) is 16.2 Å². The third-order valence-electron chi connectivity index (χ3n) is 3.10. The number of carboxylic acids is 1. The molecule has 0 aliphatic rings. The van der Waals surface area contributed by atoms with Crippen LogP contribution >= 0.6 is 0 Å². The minimum atomic E-state index is -2.08. The number of aromatic hydroxyl groups is 1. The summed E-state index contributed by atoms with van der Waals surface area (Å²) < 4.78 is 41.2. The highest BCUT2D eigenvalue weighted by molar-refractivity contribution is 5.92. The number of hydrogen-bond acceptors (Lipinski definition) is 3. The molecule has 0 aromatic heterocycles. The third kappa shape index (κ3) is 2.98. The maximum Gasteiger partial charge on any atom is 0.339 e. The quantitative estimate of drug-likeness (QED) is 0.594. The Morgan fingerprint density at radius 2 is 1.86 bits per heavy atom. The first kappa shape index (κ1) is 15.7. The Hall–Kier alpha value is -2.70. The molecule has 3 N–H and O–H groups in total. The molecule has 0 saturated heterocycles. The molecule has 22 heavy (non-hydrogen) atoms. The first-order chi connectivity index (χ1) is 10.3. The van der Waals surface area contributed by atoms with Gasteiger partial charge >= 0.3 is 5.97 Å². The van der Waals surface area contributed by atoms with Crippen molar-refractivity contribution in [2.75, 3.05) is 5.32 Å². The van der Waals surface area contributed by atoms with Gasteiger partial charge in [0.15, 0.2) is 17.9 Å². The summed E-state index contributed by atoms with van der Waals surface area (Å²) >= 11 is 0. The lowest BCUT2D eigenvalue weighted by atomic mass is 10.1. The molecular formula is C15H12F3NO3. The Morgan fingerprint density at radius 3 is 2.50 bits per heavy atom. The Kier molecular flexibility index (Phi) is 4.25. The molecule has 2 aromatic rings. The van der Waals surface area contributed by atoms with E-state index in [1.54, 1.807) is 0 Å². The lowest BCUT2D eigenvalue weighted by molar-refractivity contribution is 0.0693. The van der Waals surface area contributed by atoms with Gasteiger partial charge in [0.1, 0.15) is 11.3 Å². The molecule has 0 fully saturated rings. The van der Waals surface area contributed by atoms with Crippen molar-refractivity contribution in [3.63, 3.8) is 0 Å². The van der Waals surface area contributed by atoms with Crippen LogP contribution in [0.15, 0.2) is 30.3 Å². The number of hydrogen-bond donors (Lipinski definition) is 3. The monoisotopic (exact) mass is 311 g/mol. The van der Waals surface area contributed by atoms with E-state index in [1.165, 1.54) is 19.1 Å². The second kappa shape index (κ2) is 5.97. The van der Waals surface area contributed by atoms with E-state index in [9.17, 15) is 23.1 Å². The van der Waals surface area contributed by atoms with Gasteiger partial charge in [-0.25, -0.2) is 18.0 Å². The standard InChI is InChI=1S/C15H12F3NO3/c1-7-2-4-9(13(17)12(7)16)14(18)19-8-3-5-11(20)10(6-8)15(21)22/h2-6,14,19-20H,1H3,(H,21,22). The van der Waals surface area contributed by atoms with Gasteiger partial charge in [-0.1, -0.05) is 12.1 Å². The highest BCUT2D eigenvalue weighted by atomic mass is 19.2. The summed E-state index contributed by atoms with van der Waals surface area (Å²) in [5.41, 5.74) is -0.921. The highest BCUT2D eigenvalue weighted by Crippen LogP contribution is 2.28. The van der Waals surface area contributed by atoms with E-state index in [4.69, 9.17) is 5.11 Å². The average Bonchev–Trinajstić information content (AvgIpc) is 2.46. The molecular weight excluding hydrogens is 299 g/mol. The number of halogens is 3. The van der Waals surface area contributed by atoms with Crippen LogP contribution in [0.1, 0.15) is 27.8 Å². The second-order valence-corrected chi connectivity index (χ2v) is 4.64. The number of carbonyl (C=O) groups is 1. The zero-order valence-corrected chi connectivity index (χ0v) is 11.4. The van der Waals surface area contributed by atoms with Crippen LogP contribution in [0.4, 0.5) is 18.9 Å². The van der Waals surface area contributed by atoms with Crippen LogP contribution in [-0.2, 0) is 0 Å². The van der Waals surface area contributed by atoms with Gasteiger partial charge in [0.2, 0.25) is 0 Å². The number of anilines is 1. The van der Waals surface area contributed by atoms with E-state index < -0.39 is 40.8 Å². The van der Waals surface area contributed by atoms with Gasteiger partial charge in [-0.15, -0.1) is 0 Å². The fourth-order valence-corrected chi connectivity index (χ4v) is 1.88. The van der Waals surface area contributed by atoms with Crippen molar-refractivity contribution in [1.82, 2.24) is 0 Å². The lowest BCUT2D eigenvalue weighted by Gasteiger charge is -2.14. The Bertz CT molecular complexity index is 734. The second-order valence-electron chi connectivity index (χ2n) is 4.64. The summed E-state index contributed by atoms with van der Waals surface area (Å²) in [5.74, 6) is -4.33. The Balaban J connectivity index is 2.30. The van der Waals surface area contributed by atoms with Crippen LogP contribution < -0.4 is 5.32 Å². The van der Waals surface area contributed by atoms with Gasteiger partial charge in [0.25, 0.3) is 0 Å². The van der Waals surface area contributed by atoms with Crippen molar-refractivity contribution in [3.05, 3.63) is 58.7 Å². The molecule has 0 aliphatic heterocycles. The number of carboxylic acid groups (broad SMARTS) is 1. The first-order valence-corrected chi connectivity index (χ1v) is 6.22. The van der Waals surface area contributed by atoms with Gasteiger partial charge in [-0.05, 0) is 30.7 Å². The van der Waals surface area contributed by atoms with Crippen LogP contribution in [0.5, 0.6) is 5.75 Å². The van der Waals surface area contributed by atoms with E-state index in [-0.39, 0.29) is 11.3 Å². The normalized spacial score (nSPS) is 12.0. The summed E-state index contributed by atoms with van der Waals surface area (Å²) in [6, 6.07) is 5.61. The van der Waals surface area contributed by atoms with E-state index in [2.05, 4.69) is 5.32 Å². The molecule has 0 spiro atoms. The Morgan fingerprint density at radius 1 is 1.18 bits per heavy atom. The number of rotatable bonds is 4. The minimum absolute atomic E-state index is 0.00285. The summed E-state index contributed by atoms with van der Waals surface area (Å²) in [6.07, 6.45) is -2.08. The molecule has 0 aliphatic carbocycles. The van der Waals surface area contributed by atoms with Gasteiger partial charge in [-0.3, -0.25) is 0 Å². The summed E-state index contributed by atoms with van der Waals surface area (Å²) in [7, 11) is 0. The third-order valence-corrected chi connectivity index (χ3v) is 3.10. The van der Waals surface area contributed by atoms with Crippen molar-refractivity contribution in [2.24, 2.45) is 0 Å². The van der Waals surface area contributed by atoms with E-state index in [1.807, 2.05) is 0 Å². The number of alkyl halides is 1. The summed E-state index contributed by atoms with van der Waals surface area (Å²) in [6.45, 7) is 1.35. The molecule has 0 amide bonds. The lowest BCUT2D eigenvalue weighted by Crippen LogP contribution is -2.10. The largest absolute Gasteiger partial charge is 0.507 e. The molecule has 0 saturated carbocycles. The molecule has 0 radical (unpaired) electrons. The van der Waals surface area contributed by atoms with Crippen LogP contribution in [0, 0.1) is 18.6 Å². The van der Waals surface area contributed by atoms with Gasteiger partial charge in [0.05, 0.1) is 0 Å². The fraction of sp³-hybridized carbons (Fsp3) is 0.133. The molecule has 1 unspecified atom stereocenters. The SMILES string of the molecule is Cc1ccc(C(F)Nc2ccc(O)c(C(=O)O)c2)c(F)c1F. The number of benzene rings is 2. The first-order valence-electron chi connectivity index (χ1n) is 6.22. The molecule has 4 nitrogen and oxygen atoms in total. The van der Waals surface area contributed by atoms with E-state index >= 15 is 0 Å². The van der Waals surface area contributed by atoms with Crippen LogP contribution in [0.2, 0.25) is 0 Å². The van der Waals surface area contributed by atoms with Gasteiger partial charge in [0, 0.05) is 11.3 Å². The molecule has 116 valence electrons. The summed E-state index contributed by atoms with van der Waals surface area (Å²) in [5, 5.41) is 20.4. The highest BCUT2D eigenvalue weighted by Gasteiger charge is 2.20. The maximum atomic E-state index is 14.1. The van der Waals surface area contributed by atoms with Crippen molar-refractivity contribution >= 4 is 11.7 Å². The van der Waals surface area contributed by atoms with Crippen LogP contribution in [0.25, 0.3) is 0 Å². The average molecular weight is 311 g/mol. The number of aromatic carboxylic acids is 1. The summed E-state index contributed by atoms with van der Waals surface area (Å²) in [4.78, 5) is 10.9. The smallest absolute Gasteiger partial charge is 0.339 e. The molecule has 2 rings (SSSR count). The Labute approximate surface area is 123 Å². The fourth-order valence-electron chi connectivity index (χ4n) is 1.88. The molecule has 7 heteroatoms. The number of nitrogens with one attached hydrogen (secondary N) is 1. The van der Waals surface area contributed by atoms with E-state index in [0.29, 0.717) is 0 Å². The van der Waals surface area contributed by atoms with Crippen LogP contribution in [0.3, 0.4) is 0 Å². The van der Waals surface area contributed by atoms with Crippen molar-refractivity contribution < 1.29 is 28.2 Å². The minimum Gasteiger partial charge on any atom is -0.507 e. The molecule has 0 bridgehead atoms. The van der Waals surface area contributed by atoms with E-state index in [0.717, 1.165) is 18.2 Å². The molecule has 2 aromatic carbocycles. The predicted octanol–water partition coefficient (Wildman–Crippen LogP) is 3.76. The van der Waals surface area contributed by atoms with Gasteiger partial charge < -0.3 is 15.5 Å². The zero-order valence-electron chi connectivity index (χ0n) is 11.4. The maximum absolute atomic E-state index is 14.1. The zero-order chi connectivity index (χ0) is 16.4. The topological polar surface area (TPSA) is 69.6 Å². The molecule has 1 atom stereocenters. The van der Waals surface area contributed by atoms with Crippen molar-refractivity contribution in [3.8, 4) is 5.75 Å². The van der Waals surface area contributed by atoms with Gasteiger partial charge in [-0.2, -0.15) is 0 Å². The van der Waals surface area contributed by atoms with Crippen molar-refractivity contribution in [1.29, 1.82) is 0 Å². The predicted molar refractivity (Wildman–Crippen MR) is 73.6 cm³/mol. The number of phenols is 1. The van der Waals surface area contributed by atoms with Crippen molar-refractivity contribution in [2.45, 2.75) is 13.2 Å². The number of aryl methyl sites for hydroxylation is 1.